The van der Waals surface area contributed by atoms with Gasteiger partial charge in [-0.3, -0.25) is 9.59 Å². The fourth-order valence-electron chi connectivity index (χ4n) is 4.16. The van der Waals surface area contributed by atoms with Crippen molar-refractivity contribution in [1.82, 2.24) is 15.5 Å². The highest BCUT2D eigenvalue weighted by atomic mass is 35.5. The number of nitrogens with one attached hydrogen (secondary N) is 2. The summed E-state index contributed by atoms with van der Waals surface area (Å²) in [6.45, 7) is 5.23. The highest BCUT2D eigenvalue weighted by molar-refractivity contribution is 7.80. The van der Waals surface area contributed by atoms with Crippen LogP contribution in [0, 0.1) is 5.41 Å². The van der Waals surface area contributed by atoms with Crippen LogP contribution in [0.25, 0.3) is 0 Å². The van der Waals surface area contributed by atoms with Crippen molar-refractivity contribution in [3.8, 4) is 0 Å². The Morgan fingerprint density at radius 3 is 2.48 bits per heavy atom. The number of hydrogen-bond donors (Lipinski definition) is 2. The van der Waals surface area contributed by atoms with Crippen molar-refractivity contribution in [2.45, 2.75) is 51.6 Å². The summed E-state index contributed by atoms with van der Waals surface area (Å²) < 4.78 is 5.41. The van der Waals surface area contributed by atoms with Gasteiger partial charge in [0.25, 0.3) is 0 Å². The van der Waals surface area contributed by atoms with Crippen molar-refractivity contribution < 1.29 is 14.3 Å². The monoisotopic (exact) mass is 437 g/mol. The Morgan fingerprint density at radius 1 is 1.24 bits per heavy atom. The number of rotatable bonds is 5. The number of piperidine rings is 1. The molecule has 2 aliphatic heterocycles. The predicted octanol–water partition coefficient (Wildman–Crippen LogP) is 2.68. The van der Waals surface area contributed by atoms with Crippen LogP contribution >= 0.6 is 23.8 Å². The molecule has 2 atom stereocenters. The molecule has 0 saturated carbocycles. The van der Waals surface area contributed by atoms with E-state index in [1.165, 1.54) is 0 Å². The molecule has 2 aliphatic rings. The minimum absolute atomic E-state index is 0.0460. The maximum Gasteiger partial charge on any atom is 0.312 e. The lowest BCUT2D eigenvalue weighted by Crippen LogP contribution is -2.60. The first-order chi connectivity index (χ1) is 13.8. The number of likely N-dealkylation sites (tertiary alicyclic amines) is 1. The molecule has 0 aromatic heterocycles. The third-order valence-electron chi connectivity index (χ3n) is 5.77. The van der Waals surface area contributed by atoms with Gasteiger partial charge in [0.1, 0.15) is 6.04 Å². The van der Waals surface area contributed by atoms with Gasteiger partial charge in [-0.15, -0.1) is 0 Å². The summed E-state index contributed by atoms with van der Waals surface area (Å²) in [5, 5.41) is 7.38. The molecule has 1 aromatic rings. The van der Waals surface area contributed by atoms with Crippen LogP contribution in [-0.2, 0) is 20.7 Å². The predicted molar refractivity (Wildman–Crippen MR) is 117 cm³/mol. The lowest BCUT2D eigenvalue weighted by Gasteiger charge is -2.42. The van der Waals surface area contributed by atoms with Gasteiger partial charge >= 0.3 is 5.97 Å². The summed E-state index contributed by atoms with van der Waals surface area (Å²) in [6.07, 6.45) is 2.41. The number of halogens is 1. The molecule has 8 heteroatoms. The molecule has 0 aliphatic carbocycles. The molecular weight excluding hydrogens is 410 g/mol. The molecule has 29 heavy (non-hydrogen) atoms. The summed E-state index contributed by atoms with van der Waals surface area (Å²) in [4.78, 5) is 27.7. The Hall–Kier alpha value is -1.86. The first-order valence-electron chi connectivity index (χ1n) is 10.1. The molecule has 2 N–H and O–H groups in total. The topological polar surface area (TPSA) is 70.7 Å². The highest BCUT2D eigenvalue weighted by Crippen LogP contribution is 2.37. The highest BCUT2D eigenvalue weighted by Gasteiger charge is 2.44. The van der Waals surface area contributed by atoms with Crippen LogP contribution in [0.1, 0.15) is 38.7 Å². The molecule has 0 spiro atoms. The smallest absolute Gasteiger partial charge is 0.312 e. The minimum Gasteiger partial charge on any atom is -0.466 e. The third-order valence-corrected chi connectivity index (χ3v) is 6.25. The molecule has 158 valence electrons. The van der Waals surface area contributed by atoms with Gasteiger partial charge in [-0.25, -0.2) is 0 Å². The van der Waals surface area contributed by atoms with Crippen LogP contribution in [0.4, 0.5) is 0 Å². The minimum atomic E-state index is -0.620. The van der Waals surface area contributed by atoms with E-state index in [1.807, 2.05) is 43.0 Å². The average molecular weight is 438 g/mol. The maximum absolute atomic E-state index is 13.0. The molecule has 3 rings (SSSR count). The van der Waals surface area contributed by atoms with Crippen molar-refractivity contribution in [3.63, 3.8) is 0 Å². The van der Waals surface area contributed by atoms with E-state index in [9.17, 15) is 9.59 Å². The van der Waals surface area contributed by atoms with Crippen LogP contribution in [0.3, 0.4) is 0 Å². The lowest BCUT2D eigenvalue weighted by atomic mass is 9.73. The van der Waals surface area contributed by atoms with Gasteiger partial charge in [-0.05, 0) is 69.4 Å². The van der Waals surface area contributed by atoms with Crippen molar-refractivity contribution in [2.24, 2.45) is 5.41 Å². The lowest BCUT2D eigenvalue weighted by molar-refractivity contribution is -0.160. The van der Waals surface area contributed by atoms with Crippen molar-refractivity contribution in [3.05, 3.63) is 34.9 Å². The molecule has 2 fully saturated rings. The van der Waals surface area contributed by atoms with Gasteiger partial charge in [0.05, 0.1) is 12.0 Å². The summed E-state index contributed by atoms with van der Waals surface area (Å²) in [5.41, 5.74) is 0.423. The summed E-state index contributed by atoms with van der Waals surface area (Å²) in [5.74, 6) is -0.138. The molecule has 0 radical (unpaired) electrons. The Labute approximate surface area is 182 Å². The Bertz CT molecular complexity index is 763. The average Bonchev–Trinajstić information content (AvgIpc) is 2.69. The van der Waals surface area contributed by atoms with Gasteiger partial charge in [-0.1, -0.05) is 23.7 Å². The number of nitrogens with zero attached hydrogens (tertiary/aromatic N) is 1. The van der Waals surface area contributed by atoms with Crippen LogP contribution in [-0.4, -0.2) is 53.7 Å². The zero-order chi connectivity index (χ0) is 21.0. The van der Waals surface area contributed by atoms with Gasteiger partial charge in [0.15, 0.2) is 5.11 Å². The SMILES string of the molecule is CCOC(=O)C1(Cc2ccc(Cl)cc2)CCN(C(=O)[C@@H]2C[C@@H](C)NC(=S)N2)CC1. The molecule has 0 bridgehead atoms. The van der Waals surface area contributed by atoms with Crippen molar-refractivity contribution in [1.29, 1.82) is 0 Å². The first kappa shape index (κ1) is 21.8. The van der Waals surface area contributed by atoms with Crippen LogP contribution in [0.5, 0.6) is 0 Å². The fourth-order valence-corrected chi connectivity index (χ4v) is 4.63. The molecule has 1 amide bonds. The quantitative estimate of drug-likeness (QED) is 0.545. The number of amides is 1. The van der Waals surface area contributed by atoms with E-state index < -0.39 is 5.41 Å². The number of benzene rings is 1. The van der Waals surface area contributed by atoms with Gasteiger partial charge < -0.3 is 20.3 Å². The second kappa shape index (κ2) is 9.30. The molecule has 1 aromatic carbocycles. The zero-order valence-corrected chi connectivity index (χ0v) is 18.4. The Morgan fingerprint density at radius 2 is 1.90 bits per heavy atom. The van der Waals surface area contributed by atoms with E-state index in [2.05, 4.69) is 10.6 Å². The summed E-state index contributed by atoms with van der Waals surface area (Å²) in [6, 6.07) is 7.41. The summed E-state index contributed by atoms with van der Waals surface area (Å²) in [7, 11) is 0. The fraction of sp³-hybridized carbons (Fsp3) is 0.571. The van der Waals surface area contributed by atoms with Gasteiger partial charge in [-0.2, -0.15) is 0 Å². The third kappa shape index (κ3) is 5.20. The van der Waals surface area contributed by atoms with E-state index in [0.29, 0.717) is 55.5 Å². The van der Waals surface area contributed by atoms with Crippen LogP contribution < -0.4 is 10.6 Å². The van der Waals surface area contributed by atoms with Crippen LogP contribution in [0.2, 0.25) is 5.02 Å². The largest absolute Gasteiger partial charge is 0.466 e. The Kier molecular flexibility index (Phi) is 7.01. The van der Waals surface area contributed by atoms with E-state index >= 15 is 0 Å². The van der Waals surface area contributed by atoms with E-state index in [4.69, 9.17) is 28.6 Å². The maximum atomic E-state index is 13.0. The second-order valence-corrected chi connectivity index (χ2v) is 8.78. The number of ether oxygens (including phenoxy) is 1. The Balaban J connectivity index is 1.70. The number of hydrogen-bond acceptors (Lipinski definition) is 4. The molecular formula is C21H28ClN3O3S. The van der Waals surface area contributed by atoms with Crippen molar-refractivity contribution >= 4 is 40.8 Å². The number of thiocarbonyl (C=S) groups is 1. The van der Waals surface area contributed by atoms with Crippen LogP contribution in [0.15, 0.2) is 24.3 Å². The number of carbonyl (C=O) groups is 2. The van der Waals surface area contributed by atoms with E-state index in [1.54, 1.807) is 0 Å². The number of esters is 1. The van der Waals surface area contributed by atoms with E-state index in [0.717, 1.165) is 5.56 Å². The molecule has 0 unspecified atom stereocenters. The first-order valence-corrected chi connectivity index (χ1v) is 10.9. The van der Waals surface area contributed by atoms with Crippen molar-refractivity contribution in [2.75, 3.05) is 19.7 Å². The number of carbonyl (C=O) groups excluding carboxylic acids is 2. The molecule has 6 nitrogen and oxygen atoms in total. The molecule has 2 heterocycles. The van der Waals surface area contributed by atoms with Gasteiger partial charge in [0, 0.05) is 24.2 Å². The zero-order valence-electron chi connectivity index (χ0n) is 16.9. The molecule has 2 saturated heterocycles. The van der Waals surface area contributed by atoms with Gasteiger partial charge in [0.2, 0.25) is 5.91 Å². The summed E-state index contributed by atoms with van der Waals surface area (Å²) >= 11 is 11.2. The standard InChI is InChI=1S/C21H28ClN3O3S/c1-3-28-19(27)21(13-15-4-6-16(22)7-5-15)8-10-25(11-9-21)18(26)17-12-14(2)23-20(29)24-17/h4-7,14,17H,3,8-13H2,1-2H3,(H2,23,24,29)/t14-,17+/m1/s1. The van der Waals surface area contributed by atoms with E-state index in [-0.39, 0.29) is 24.0 Å². The second-order valence-electron chi connectivity index (χ2n) is 7.94. The normalized spacial score (nSPS) is 23.7.